The molecule has 0 aliphatic carbocycles. The SMILES string of the molecule is C=C1/C=C(\C)N/C2=C/C=N/CC(C)/C=C\[C@@H]2NC(=C)S1. The molecular weight excluding hydrogens is 266 g/mol. The summed E-state index contributed by atoms with van der Waals surface area (Å²) in [6.45, 7) is 13.1. The predicted octanol–water partition coefficient (Wildman–Crippen LogP) is 3.33. The van der Waals surface area contributed by atoms with Crippen LogP contribution in [0, 0.1) is 5.92 Å². The monoisotopic (exact) mass is 287 g/mol. The molecular formula is C16H21N3S. The van der Waals surface area contributed by atoms with Crippen LogP contribution in [-0.2, 0) is 0 Å². The maximum atomic E-state index is 4.41. The molecule has 2 aliphatic heterocycles. The molecule has 0 radical (unpaired) electrons. The van der Waals surface area contributed by atoms with Gasteiger partial charge in [-0.2, -0.15) is 0 Å². The third-order valence-electron chi connectivity index (χ3n) is 3.01. The third kappa shape index (κ3) is 4.17. The Labute approximate surface area is 125 Å². The molecule has 2 heterocycles. The Kier molecular flexibility index (Phi) is 4.90. The van der Waals surface area contributed by atoms with E-state index in [2.05, 4.69) is 47.9 Å². The number of fused-ring (bicyclic) bond motifs is 1. The van der Waals surface area contributed by atoms with E-state index >= 15 is 0 Å². The van der Waals surface area contributed by atoms with E-state index < -0.39 is 0 Å². The first-order valence-electron chi connectivity index (χ1n) is 6.70. The van der Waals surface area contributed by atoms with Gasteiger partial charge in [-0.3, -0.25) is 4.99 Å². The highest BCUT2D eigenvalue weighted by atomic mass is 32.2. The third-order valence-corrected chi connectivity index (χ3v) is 3.75. The Hall–Kier alpha value is -1.68. The number of allylic oxidation sites excluding steroid dienone is 3. The van der Waals surface area contributed by atoms with Crippen LogP contribution in [0.5, 0.6) is 0 Å². The lowest BCUT2D eigenvalue weighted by molar-refractivity contribution is 0.706. The van der Waals surface area contributed by atoms with Gasteiger partial charge in [0, 0.05) is 29.1 Å². The van der Waals surface area contributed by atoms with Crippen LogP contribution in [0.2, 0.25) is 0 Å². The molecule has 2 N–H and O–H groups in total. The Morgan fingerprint density at radius 3 is 2.95 bits per heavy atom. The maximum Gasteiger partial charge on any atom is 0.0852 e. The first kappa shape index (κ1) is 14.7. The fourth-order valence-corrected chi connectivity index (χ4v) is 2.81. The minimum atomic E-state index is 0.0660. The topological polar surface area (TPSA) is 36.4 Å². The minimum absolute atomic E-state index is 0.0660. The molecule has 1 unspecified atom stereocenters. The van der Waals surface area contributed by atoms with Crippen molar-refractivity contribution >= 4 is 18.0 Å². The summed E-state index contributed by atoms with van der Waals surface area (Å²) in [5.41, 5.74) is 2.12. The highest BCUT2D eigenvalue weighted by molar-refractivity contribution is 8.06. The first-order chi connectivity index (χ1) is 9.54. The second kappa shape index (κ2) is 6.66. The van der Waals surface area contributed by atoms with Crippen molar-refractivity contribution in [3.8, 4) is 0 Å². The summed E-state index contributed by atoms with van der Waals surface area (Å²) >= 11 is 1.56. The van der Waals surface area contributed by atoms with Crippen molar-refractivity contribution in [3.05, 3.63) is 58.8 Å². The summed E-state index contributed by atoms with van der Waals surface area (Å²) in [4.78, 5) is 5.38. The van der Waals surface area contributed by atoms with E-state index in [9.17, 15) is 0 Å². The Morgan fingerprint density at radius 2 is 2.15 bits per heavy atom. The van der Waals surface area contributed by atoms with Crippen molar-refractivity contribution in [2.24, 2.45) is 10.9 Å². The van der Waals surface area contributed by atoms with Gasteiger partial charge >= 0.3 is 0 Å². The normalized spacial score (nSPS) is 35.7. The smallest absolute Gasteiger partial charge is 0.0852 e. The minimum Gasteiger partial charge on any atom is -0.368 e. The van der Waals surface area contributed by atoms with Gasteiger partial charge in [0.05, 0.1) is 11.1 Å². The van der Waals surface area contributed by atoms with Gasteiger partial charge in [-0.25, -0.2) is 0 Å². The highest BCUT2D eigenvalue weighted by Crippen LogP contribution is 2.25. The molecule has 0 saturated heterocycles. The maximum absolute atomic E-state index is 4.41. The lowest BCUT2D eigenvalue weighted by Crippen LogP contribution is -2.33. The number of hydrogen-bond acceptors (Lipinski definition) is 4. The molecule has 2 rings (SSSR count). The molecule has 0 aromatic rings. The largest absolute Gasteiger partial charge is 0.368 e. The van der Waals surface area contributed by atoms with E-state index in [4.69, 9.17) is 0 Å². The van der Waals surface area contributed by atoms with Gasteiger partial charge in [-0.15, -0.1) is 0 Å². The van der Waals surface area contributed by atoms with Gasteiger partial charge in [0.1, 0.15) is 0 Å². The summed E-state index contributed by atoms with van der Waals surface area (Å²) in [5.74, 6) is 0.431. The van der Waals surface area contributed by atoms with Crippen molar-refractivity contribution in [1.29, 1.82) is 0 Å². The van der Waals surface area contributed by atoms with E-state index in [1.54, 1.807) is 11.8 Å². The lowest BCUT2D eigenvalue weighted by Gasteiger charge is -2.21. The van der Waals surface area contributed by atoms with Crippen LogP contribution in [0.1, 0.15) is 13.8 Å². The molecule has 2 atom stereocenters. The lowest BCUT2D eigenvalue weighted by atomic mass is 10.1. The molecule has 20 heavy (non-hydrogen) atoms. The summed E-state index contributed by atoms with van der Waals surface area (Å²) in [6, 6.07) is 0.0660. The van der Waals surface area contributed by atoms with E-state index in [-0.39, 0.29) is 6.04 Å². The van der Waals surface area contributed by atoms with E-state index in [0.29, 0.717) is 5.92 Å². The summed E-state index contributed by atoms with van der Waals surface area (Å²) < 4.78 is 0. The molecule has 0 aromatic carbocycles. The number of thioether (sulfide) groups is 1. The van der Waals surface area contributed by atoms with Crippen LogP contribution in [0.25, 0.3) is 0 Å². The van der Waals surface area contributed by atoms with Crippen molar-refractivity contribution in [2.75, 3.05) is 6.54 Å². The standard InChI is InChI=1S/C16H21N3S/c1-11-5-6-15-16(7-8-17-10-11)18-12(2)9-13(3)20-14(4)19-15/h5-9,11,15,18-19H,3-4,10H2,1-2H3/b6-5-,12-9+,16-7+,17-8+/t11?,15-/m0/s1. The van der Waals surface area contributed by atoms with Crippen LogP contribution < -0.4 is 10.6 Å². The molecule has 0 amide bonds. The fourth-order valence-electron chi connectivity index (χ4n) is 2.07. The van der Waals surface area contributed by atoms with Gasteiger partial charge in [0.15, 0.2) is 0 Å². The van der Waals surface area contributed by atoms with Crippen LogP contribution in [0.15, 0.2) is 63.8 Å². The second-order valence-corrected chi connectivity index (χ2v) is 6.29. The van der Waals surface area contributed by atoms with E-state index in [0.717, 1.165) is 27.9 Å². The molecule has 0 aromatic heterocycles. The molecule has 0 spiro atoms. The van der Waals surface area contributed by atoms with Crippen LogP contribution in [-0.4, -0.2) is 18.8 Å². The van der Waals surface area contributed by atoms with Crippen molar-refractivity contribution < 1.29 is 0 Å². The zero-order chi connectivity index (χ0) is 14.5. The molecule has 0 fully saturated rings. The second-order valence-electron chi connectivity index (χ2n) is 5.06. The Balaban J connectivity index is 2.36. The average molecular weight is 287 g/mol. The van der Waals surface area contributed by atoms with Crippen LogP contribution in [0.4, 0.5) is 0 Å². The van der Waals surface area contributed by atoms with Crippen molar-refractivity contribution in [3.63, 3.8) is 0 Å². The van der Waals surface area contributed by atoms with E-state index in [1.807, 2.05) is 25.3 Å². The van der Waals surface area contributed by atoms with Crippen LogP contribution in [0.3, 0.4) is 0 Å². The molecule has 4 heteroatoms. The summed E-state index contributed by atoms with van der Waals surface area (Å²) in [5, 5.41) is 7.74. The van der Waals surface area contributed by atoms with Gasteiger partial charge in [-0.1, -0.05) is 44.0 Å². The fraction of sp³-hybridized carbons (Fsp3) is 0.312. The number of rotatable bonds is 0. The predicted molar refractivity (Wildman–Crippen MR) is 89.4 cm³/mol. The number of nitrogens with zero attached hydrogens (tertiary/aromatic N) is 1. The van der Waals surface area contributed by atoms with Crippen molar-refractivity contribution in [1.82, 2.24) is 10.6 Å². The zero-order valence-electron chi connectivity index (χ0n) is 12.0. The average Bonchev–Trinajstić information content (AvgIpc) is 2.46. The zero-order valence-corrected chi connectivity index (χ0v) is 12.8. The summed E-state index contributed by atoms with van der Waals surface area (Å²) in [6.07, 6.45) is 10.3. The van der Waals surface area contributed by atoms with Gasteiger partial charge < -0.3 is 10.6 Å². The number of hydrogen-bond donors (Lipinski definition) is 2. The first-order valence-corrected chi connectivity index (χ1v) is 7.52. The van der Waals surface area contributed by atoms with Crippen molar-refractivity contribution in [2.45, 2.75) is 19.9 Å². The molecule has 0 saturated carbocycles. The molecule has 2 aliphatic rings. The Bertz CT molecular complexity index is 526. The van der Waals surface area contributed by atoms with E-state index in [1.165, 1.54) is 0 Å². The van der Waals surface area contributed by atoms with Gasteiger partial charge in [0.2, 0.25) is 0 Å². The highest BCUT2D eigenvalue weighted by Gasteiger charge is 2.15. The Morgan fingerprint density at radius 1 is 1.35 bits per heavy atom. The molecule has 106 valence electrons. The van der Waals surface area contributed by atoms with Gasteiger partial charge in [0.25, 0.3) is 0 Å². The molecule has 3 nitrogen and oxygen atoms in total. The quantitative estimate of drug-likeness (QED) is 0.671. The van der Waals surface area contributed by atoms with Crippen LogP contribution >= 0.6 is 11.8 Å². The number of aliphatic imine (C=N–C) groups is 1. The summed E-state index contributed by atoms with van der Waals surface area (Å²) in [7, 11) is 0. The molecule has 0 bridgehead atoms. The number of nitrogens with one attached hydrogen (secondary N) is 2. The van der Waals surface area contributed by atoms with Gasteiger partial charge in [-0.05, 0) is 25.0 Å².